The molecule has 7 heteroatoms. The van der Waals surface area contributed by atoms with Crippen molar-refractivity contribution in [3.63, 3.8) is 0 Å². The maximum Gasteiger partial charge on any atom is 0.267 e. The molecule has 1 aliphatic carbocycles. The first-order chi connectivity index (χ1) is 13.5. The van der Waals surface area contributed by atoms with Crippen LogP contribution in [0.3, 0.4) is 0 Å². The average molecular weight is 416 g/mol. The maximum absolute atomic E-state index is 12.8. The number of benzene rings is 1. The molecule has 146 valence electrons. The highest BCUT2D eigenvalue weighted by atomic mass is 35.5. The van der Waals surface area contributed by atoms with Crippen molar-refractivity contribution in [2.75, 3.05) is 18.2 Å². The summed E-state index contributed by atoms with van der Waals surface area (Å²) in [4.78, 5) is 18.9. The zero-order valence-corrected chi connectivity index (χ0v) is 17.4. The van der Waals surface area contributed by atoms with Crippen LogP contribution in [0.15, 0.2) is 24.3 Å². The van der Waals surface area contributed by atoms with E-state index in [1.807, 2.05) is 0 Å². The first-order valence-electron chi connectivity index (χ1n) is 9.35. The number of nitrogen functional groups attached to an aromatic ring is 1. The molecule has 3 aromatic rings. The molecule has 1 atom stereocenters. The fourth-order valence-electron chi connectivity index (χ4n) is 3.71. The molecule has 1 aliphatic rings. The fraction of sp³-hybridized carbons (Fsp3) is 0.333. The number of carbonyl (C=O) groups excluding carboxylic acids is 1. The van der Waals surface area contributed by atoms with E-state index in [2.05, 4.69) is 18.3 Å². The highest BCUT2D eigenvalue weighted by Gasteiger charge is 2.23. The molecule has 0 saturated carbocycles. The number of anilines is 2. The van der Waals surface area contributed by atoms with Crippen LogP contribution in [0.5, 0.6) is 5.75 Å². The normalized spacial score (nSPS) is 16.0. The highest BCUT2D eigenvalue weighted by Crippen LogP contribution is 2.37. The van der Waals surface area contributed by atoms with Gasteiger partial charge < -0.3 is 15.8 Å². The van der Waals surface area contributed by atoms with Gasteiger partial charge in [-0.3, -0.25) is 4.79 Å². The molecule has 2 heterocycles. The van der Waals surface area contributed by atoms with Crippen molar-refractivity contribution in [2.45, 2.75) is 32.6 Å². The van der Waals surface area contributed by atoms with Crippen LogP contribution in [-0.4, -0.2) is 18.0 Å². The number of hydrogen-bond donors (Lipinski definition) is 2. The second kappa shape index (κ2) is 7.60. The van der Waals surface area contributed by atoms with Crippen molar-refractivity contribution in [1.29, 1.82) is 0 Å². The van der Waals surface area contributed by atoms with E-state index in [-0.39, 0.29) is 5.91 Å². The number of aryl methyl sites for hydroxylation is 1. The average Bonchev–Trinajstić information content (AvgIpc) is 3.02. The van der Waals surface area contributed by atoms with Gasteiger partial charge in [-0.25, -0.2) is 4.98 Å². The van der Waals surface area contributed by atoms with Crippen LogP contribution >= 0.6 is 22.9 Å². The summed E-state index contributed by atoms with van der Waals surface area (Å²) >= 11 is 7.48. The molecule has 0 fully saturated rings. The molecule has 0 aliphatic heterocycles. The number of halogens is 1. The Hall–Kier alpha value is -2.31. The highest BCUT2D eigenvalue weighted by molar-refractivity contribution is 7.21. The number of fused-ring (bicyclic) bond motifs is 2. The minimum Gasteiger partial charge on any atom is -0.495 e. The van der Waals surface area contributed by atoms with Gasteiger partial charge in [0, 0.05) is 16.8 Å². The summed E-state index contributed by atoms with van der Waals surface area (Å²) in [7, 11) is 1.55. The van der Waals surface area contributed by atoms with Crippen molar-refractivity contribution in [3.8, 4) is 5.75 Å². The standard InChI is InChI=1S/C21H22ClN3O2S/c1-3-11-4-6-16-12(8-11)9-14-18(23)19(28-21(14)25-16)20(26)24-13-5-7-17(27-2)15(22)10-13/h5,7,9-11H,3-4,6,8,23H2,1-2H3,(H,24,26)/t11-/m0/s1. The number of nitrogens with zero attached hydrogens (tertiary/aromatic N) is 1. The summed E-state index contributed by atoms with van der Waals surface area (Å²) in [6.45, 7) is 2.23. The predicted molar refractivity (Wildman–Crippen MR) is 116 cm³/mol. The zero-order chi connectivity index (χ0) is 19.8. The van der Waals surface area contributed by atoms with Crippen LogP contribution in [-0.2, 0) is 12.8 Å². The van der Waals surface area contributed by atoms with Gasteiger partial charge in [0.15, 0.2) is 0 Å². The number of rotatable bonds is 4. The monoisotopic (exact) mass is 415 g/mol. The Kier molecular flexibility index (Phi) is 5.17. The Morgan fingerprint density at radius 2 is 2.25 bits per heavy atom. The molecule has 28 heavy (non-hydrogen) atoms. The van der Waals surface area contributed by atoms with Gasteiger partial charge in [-0.1, -0.05) is 24.9 Å². The van der Waals surface area contributed by atoms with Crippen LogP contribution < -0.4 is 15.8 Å². The summed E-state index contributed by atoms with van der Waals surface area (Å²) in [5, 5.41) is 4.17. The third-order valence-electron chi connectivity index (χ3n) is 5.38. The third-order valence-corrected chi connectivity index (χ3v) is 6.79. The van der Waals surface area contributed by atoms with Crippen molar-refractivity contribution < 1.29 is 9.53 Å². The Balaban J connectivity index is 1.64. The quantitative estimate of drug-likeness (QED) is 0.605. The number of nitrogens with one attached hydrogen (secondary N) is 1. The molecule has 0 spiro atoms. The zero-order valence-electron chi connectivity index (χ0n) is 15.8. The van der Waals surface area contributed by atoms with Gasteiger partial charge in [-0.2, -0.15) is 0 Å². The van der Waals surface area contributed by atoms with E-state index in [0.717, 1.165) is 28.8 Å². The summed E-state index contributed by atoms with van der Waals surface area (Å²) in [5.41, 5.74) is 9.83. The Bertz CT molecular complexity index is 1060. The number of nitrogens with two attached hydrogens (primary N) is 1. The minimum absolute atomic E-state index is 0.258. The second-order valence-corrected chi connectivity index (χ2v) is 8.52. The molecule has 2 aromatic heterocycles. The molecule has 0 bridgehead atoms. The van der Waals surface area contributed by atoms with Gasteiger partial charge in [0.1, 0.15) is 15.5 Å². The number of methoxy groups -OCH3 is 1. The van der Waals surface area contributed by atoms with E-state index in [0.29, 0.717) is 32.9 Å². The summed E-state index contributed by atoms with van der Waals surface area (Å²) < 4.78 is 5.14. The Morgan fingerprint density at radius 1 is 1.43 bits per heavy atom. The van der Waals surface area contributed by atoms with Gasteiger partial charge in [-0.15, -0.1) is 11.3 Å². The maximum atomic E-state index is 12.8. The van der Waals surface area contributed by atoms with Gasteiger partial charge >= 0.3 is 0 Å². The molecule has 0 saturated heterocycles. The SMILES string of the molecule is CC[C@H]1CCc2nc3sc(C(=O)Nc4ccc(OC)c(Cl)c4)c(N)c3cc2C1. The van der Waals surface area contributed by atoms with Crippen LogP contribution in [0.1, 0.15) is 40.7 Å². The number of thiophene rings is 1. The first-order valence-corrected chi connectivity index (χ1v) is 10.5. The number of aromatic nitrogens is 1. The van der Waals surface area contributed by atoms with E-state index in [1.165, 1.54) is 29.7 Å². The van der Waals surface area contributed by atoms with E-state index in [1.54, 1.807) is 25.3 Å². The van der Waals surface area contributed by atoms with Crippen molar-refractivity contribution in [1.82, 2.24) is 4.98 Å². The number of carbonyl (C=O) groups is 1. The fourth-order valence-corrected chi connectivity index (χ4v) is 4.96. The molecular weight excluding hydrogens is 394 g/mol. The lowest BCUT2D eigenvalue weighted by molar-refractivity contribution is 0.103. The van der Waals surface area contributed by atoms with E-state index in [9.17, 15) is 4.79 Å². The molecule has 1 amide bonds. The lowest BCUT2D eigenvalue weighted by Crippen LogP contribution is -2.14. The van der Waals surface area contributed by atoms with Gasteiger partial charge in [-0.05, 0) is 55.0 Å². The van der Waals surface area contributed by atoms with Gasteiger partial charge in [0.2, 0.25) is 0 Å². The molecule has 1 aromatic carbocycles. The topological polar surface area (TPSA) is 77.2 Å². The Labute approximate surface area is 172 Å². The predicted octanol–water partition coefficient (Wildman–Crippen LogP) is 5.31. The number of amides is 1. The lowest BCUT2D eigenvalue weighted by atomic mass is 9.85. The van der Waals surface area contributed by atoms with Crippen LogP contribution in [0.25, 0.3) is 10.2 Å². The molecule has 4 rings (SSSR count). The number of ether oxygens (including phenoxy) is 1. The largest absolute Gasteiger partial charge is 0.495 e. The minimum atomic E-state index is -0.258. The van der Waals surface area contributed by atoms with Crippen molar-refractivity contribution >= 4 is 50.4 Å². The Morgan fingerprint density at radius 3 is 2.96 bits per heavy atom. The summed E-state index contributed by atoms with van der Waals surface area (Å²) in [6.07, 6.45) is 4.38. The van der Waals surface area contributed by atoms with E-state index < -0.39 is 0 Å². The number of pyridine rings is 1. The van der Waals surface area contributed by atoms with Gasteiger partial charge in [0.25, 0.3) is 5.91 Å². The third kappa shape index (κ3) is 3.42. The molecule has 0 radical (unpaired) electrons. The molecule has 0 unspecified atom stereocenters. The second-order valence-electron chi connectivity index (χ2n) is 7.11. The summed E-state index contributed by atoms with van der Waals surface area (Å²) in [6, 6.07) is 7.25. The van der Waals surface area contributed by atoms with E-state index >= 15 is 0 Å². The smallest absolute Gasteiger partial charge is 0.267 e. The van der Waals surface area contributed by atoms with Crippen molar-refractivity contribution in [2.24, 2.45) is 5.92 Å². The first kappa shape index (κ1) is 19.0. The lowest BCUT2D eigenvalue weighted by Gasteiger charge is -2.22. The molecule has 5 nitrogen and oxygen atoms in total. The van der Waals surface area contributed by atoms with Crippen molar-refractivity contribution in [3.05, 3.63) is 45.4 Å². The molecule has 3 N–H and O–H groups in total. The van der Waals surface area contributed by atoms with Crippen LogP contribution in [0.2, 0.25) is 5.02 Å². The number of hydrogen-bond acceptors (Lipinski definition) is 5. The van der Waals surface area contributed by atoms with Gasteiger partial charge in [0.05, 0.1) is 17.8 Å². The van der Waals surface area contributed by atoms with E-state index in [4.69, 9.17) is 27.1 Å². The van der Waals surface area contributed by atoms with Crippen LogP contribution in [0, 0.1) is 5.92 Å². The molecular formula is C21H22ClN3O2S. The summed E-state index contributed by atoms with van der Waals surface area (Å²) in [5.74, 6) is 1.00. The van der Waals surface area contributed by atoms with Crippen LogP contribution in [0.4, 0.5) is 11.4 Å².